The number of aliphatic hydroxyl groups is 2. The number of rotatable bonds is 10. The van der Waals surface area contributed by atoms with Gasteiger partial charge in [-0.1, -0.05) is 48.5 Å². The van der Waals surface area contributed by atoms with E-state index in [0.29, 0.717) is 12.8 Å². The van der Waals surface area contributed by atoms with Gasteiger partial charge in [-0.2, -0.15) is 0 Å². The Hall–Kier alpha value is -3.16. The molecule has 7 heteroatoms. The quantitative estimate of drug-likeness (QED) is 0.347. The van der Waals surface area contributed by atoms with E-state index in [4.69, 9.17) is 5.11 Å². The van der Waals surface area contributed by atoms with Crippen LogP contribution in [0.15, 0.2) is 60.8 Å². The number of hydrogen-bond donors (Lipinski definition) is 5. The van der Waals surface area contributed by atoms with Crippen molar-refractivity contribution in [2.24, 2.45) is 0 Å². The number of benzene rings is 2. The van der Waals surface area contributed by atoms with Crippen LogP contribution >= 0.6 is 0 Å². The molecule has 5 N–H and O–H groups in total. The third kappa shape index (κ3) is 5.68. The van der Waals surface area contributed by atoms with E-state index in [9.17, 15) is 14.7 Å². The molecule has 30 heavy (non-hydrogen) atoms. The fraction of sp³-hybridized carbons (Fsp3) is 0.304. The molecular weight excluding hydrogens is 382 g/mol. The van der Waals surface area contributed by atoms with E-state index in [2.05, 4.69) is 15.6 Å². The molecule has 1 aromatic heterocycles. The van der Waals surface area contributed by atoms with Gasteiger partial charge >= 0.3 is 0 Å². The van der Waals surface area contributed by atoms with Gasteiger partial charge in [0.15, 0.2) is 0 Å². The summed E-state index contributed by atoms with van der Waals surface area (Å²) in [6.45, 7) is -0.515. The molecule has 0 saturated carbocycles. The highest BCUT2D eigenvalue weighted by atomic mass is 16.3. The normalized spacial score (nSPS) is 13.0. The first-order valence-corrected chi connectivity index (χ1v) is 10.0. The van der Waals surface area contributed by atoms with Crippen molar-refractivity contribution >= 4 is 22.7 Å². The second-order valence-corrected chi connectivity index (χ2v) is 7.24. The number of carbonyl (C=O) groups excluding carboxylic acids is 2. The van der Waals surface area contributed by atoms with Gasteiger partial charge in [-0.15, -0.1) is 0 Å². The van der Waals surface area contributed by atoms with Gasteiger partial charge in [-0.25, -0.2) is 0 Å². The van der Waals surface area contributed by atoms with Gasteiger partial charge < -0.3 is 25.8 Å². The highest BCUT2D eigenvalue weighted by Gasteiger charge is 2.24. The number of para-hydroxylation sites is 1. The minimum absolute atomic E-state index is 0.0721. The number of carbonyl (C=O) groups is 2. The molecule has 0 saturated heterocycles. The van der Waals surface area contributed by atoms with Crippen LogP contribution < -0.4 is 10.6 Å². The molecule has 2 atom stereocenters. The van der Waals surface area contributed by atoms with Crippen LogP contribution in [-0.2, 0) is 22.4 Å². The zero-order valence-corrected chi connectivity index (χ0v) is 16.7. The van der Waals surface area contributed by atoms with Crippen molar-refractivity contribution in [2.45, 2.75) is 31.3 Å². The second kappa shape index (κ2) is 10.6. The summed E-state index contributed by atoms with van der Waals surface area (Å²) in [7, 11) is 0. The summed E-state index contributed by atoms with van der Waals surface area (Å²) >= 11 is 0. The maximum atomic E-state index is 12.9. The minimum Gasteiger partial charge on any atom is -0.396 e. The molecule has 2 aromatic carbocycles. The first-order chi connectivity index (χ1) is 14.6. The lowest BCUT2D eigenvalue weighted by atomic mass is 10.0. The van der Waals surface area contributed by atoms with Crippen LogP contribution in [0, 0.1) is 0 Å². The number of hydrogen-bond acceptors (Lipinski definition) is 4. The van der Waals surface area contributed by atoms with Gasteiger partial charge in [-0.05, 0) is 23.6 Å². The Morgan fingerprint density at radius 3 is 2.40 bits per heavy atom. The van der Waals surface area contributed by atoms with Crippen LogP contribution in [0.25, 0.3) is 10.9 Å². The summed E-state index contributed by atoms with van der Waals surface area (Å²) in [5, 5.41) is 25.4. The van der Waals surface area contributed by atoms with Crippen molar-refractivity contribution in [2.75, 3.05) is 13.2 Å². The van der Waals surface area contributed by atoms with E-state index in [1.165, 1.54) is 0 Å². The van der Waals surface area contributed by atoms with Crippen LogP contribution in [0.2, 0.25) is 0 Å². The van der Waals surface area contributed by atoms with Crippen molar-refractivity contribution in [1.29, 1.82) is 0 Å². The Bertz CT molecular complexity index is 971. The first-order valence-electron chi connectivity index (χ1n) is 10.0. The van der Waals surface area contributed by atoms with Gasteiger partial charge in [-0.3, -0.25) is 9.59 Å². The van der Waals surface area contributed by atoms with Gasteiger partial charge in [0.1, 0.15) is 6.04 Å². The van der Waals surface area contributed by atoms with Gasteiger partial charge in [0.25, 0.3) is 0 Å². The molecule has 0 aliphatic carbocycles. The molecule has 0 fully saturated rings. The Morgan fingerprint density at radius 1 is 0.933 bits per heavy atom. The van der Waals surface area contributed by atoms with Gasteiger partial charge in [0, 0.05) is 29.9 Å². The van der Waals surface area contributed by atoms with Crippen molar-refractivity contribution in [3.8, 4) is 0 Å². The molecule has 0 spiro atoms. The molecule has 3 rings (SSSR count). The van der Waals surface area contributed by atoms with Crippen LogP contribution in [0.4, 0.5) is 0 Å². The minimum atomic E-state index is -0.802. The predicted octanol–water partition coefficient (Wildman–Crippen LogP) is 1.30. The molecule has 7 nitrogen and oxygen atoms in total. The van der Waals surface area contributed by atoms with E-state index >= 15 is 0 Å². The third-order valence-electron chi connectivity index (χ3n) is 4.98. The predicted molar refractivity (Wildman–Crippen MR) is 115 cm³/mol. The lowest BCUT2D eigenvalue weighted by Gasteiger charge is -2.22. The lowest BCUT2D eigenvalue weighted by molar-refractivity contribution is -0.129. The highest BCUT2D eigenvalue weighted by molar-refractivity contribution is 5.88. The zero-order chi connectivity index (χ0) is 21.3. The van der Waals surface area contributed by atoms with E-state index in [-0.39, 0.29) is 25.5 Å². The second-order valence-electron chi connectivity index (χ2n) is 7.24. The first kappa shape index (κ1) is 21.5. The number of aliphatic hydroxyl groups excluding tert-OH is 2. The number of aromatic nitrogens is 1. The maximum absolute atomic E-state index is 12.9. The molecule has 3 aromatic rings. The van der Waals surface area contributed by atoms with E-state index in [0.717, 1.165) is 22.0 Å². The molecule has 0 aliphatic heterocycles. The summed E-state index contributed by atoms with van der Waals surface area (Å²) in [5.74, 6) is -0.769. The summed E-state index contributed by atoms with van der Waals surface area (Å²) < 4.78 is 0. The fourth-order valence-corrected chi connectivity index (χ4v) is 3.46. The number of fused-ring (bicyclic) bond motifs is 1. The fourth-order valence-electron chi connectivity index (χ4n) is 3.46. The van der Waals surface area contributed by atoms with Crippen molar-refractivity contribution in [3.05, 3.63) is 71.9 Å². The molecular formula is C23H27N3O4. The number of amides is 2. The van der Waals surface area contributed by atoms with Crippen LogP contribution in [0.3, 0.4) is 0 Å². The third-order valence-corrected chi connectivity index (χ3v) is 4.98. The summed E-state index contributed by atoms with van der Waals surface area (Å²) in [6, 6.07) is 15.9. The molecule has 0 radical (unpaired) electrons. The van der Waals surface area contributed by atoms with Gasteiger partial charge in [0.2, 0.25) is 11.8 Å². The molecule has 2 amide bonds. The summed E-state index contributed by atoms with van der Waals surface area (Å²) in [6.07, 6.45) is 2.57. The van der Waals surface area contributed by atoms with Crippen LogP contribution in [0.1, 0.15) is 17.5 Å². The topological polar surface area (TPSA) is 114 Å². The van der Waals surface area contributed by atoms with Crippen molar-refractivity contribution in [3.63, 3.8) is 0 Å². The molecule has 0 bridgehead atoms. The van der Waals surface area contributed by atoms with Crippen LogP contribution in [0.5, 0.6) is 0 Å². The maximum Gasteiger partial charge on any atom is 0.243 e. The monoisotopic (exact) mass is 409 g/mol. The average molecular weight is 409 g/mol. The van der Waals surface area contributed by atoms with E-state index in [1.54, 1.807) is 0 Å². The highest BCUT2D eigenvalue weighted by Crippen LogP contribution is 2.19. The van der Waals surface area contributed by atoms with E-state index in [1.807, 2.05) is 60.8 Å². The Labute approximate surface area is 175 Å². The standard InChI is InChI=1S/C23H27N3O4/c27-11-10-22(29)26-21(12-16-6-2-1-3-7-16)23(30)25-18(15-28)13-17-14-24-20-9-5-4-8-19(17)20/h1-9,14,18,21,24,27-28H,10-13,15H2,(H,25,30)(H,26,29)/t18-,21-/m0/s1. The Kier molecular flexibility index (Phi) is 7.59. The largest absolute Gasteiger partial charge is 0.396 e. The van der Waals surface area contributed by atoms with Gasteiger partial charge in [0.05, 0.1) is 19.3 Å². The number of aromatic amines is 1. The molecule has 158 valence electrons. The SMILES string of the molecule is O=C(CCO)N[C@@H](Cc1ccccc1)C(=O)N[C@H](CO)Cc1c[nH]c2ccccc12. The number of nitrogens with one attached hydrogen (secondary N) is 3. The van der Waals surface area contributed by atoms with Crippen molar-refractivity contribution < 1.29 is 19.8 Å². The molecule has 0 unspecified atom stereocenters. The Balaban J connectivity index is 1.70. The van der Waals surface area contributed by atoms with Crippen molar-refractivity contribution in [1.82, 2.24) is 15.6 Å². The number of H-pyrrole nitrogens is 1. The van der Waals surface area contributed by atoms with Crippen LogP contribution in [-0.4, -0.2) is 52.3 Å². The Morgan fingerprint density at radius 2 is 1.67 bits per heavy atom. The van der Waals surface area contributed by atoms with E-state index < -0.39 is 18.0 Å². The smallest absolute Gasteiger partial charge is 0.243 e. The summed E-state index contributed by atoms with van der Waals surface area (Å²) in [5.41, 5.74) is 2.89. The molecule has 0 aliphatic rings. The molecule has 1 heterocycles. The summed E-state index contributed by atoms with van der Waals surface area (Å²) in [4.78, 5) is 28.1. The zero-order valence-electron chi connectivity index (χ0n) is 16.7. The lowest BCUT2D eigenvalue weighted by Crippen LogP contribution is -2.52. The average Bonchev–Trinajstić information content (AvgIpc) is 3.16.